The van der Waals surface area contributed by atoms with Gasteiger partial charge in [-0.25, -0.2) is 0 Å². The first-order valence-corrected chi connectivity index (χ1v) is 9.05. The standard InChI is InChI=1S/C19H32N4/c1-3-17-6-8-18(9-7-17)22-19(20)21-12-4-5-13-23-14-10-16(2)11-15-23/h6-9,16H,3-5,10-15H2,1-2H3,(H3,20,21,22). The molecule has 4 nitrogen and oxygen atoms in total. The fourth-order valence-corrected chi connectivity index (χ4v) is 2.94. The van der Waals surface area contributed by atoms with Crippen molar-refractivity contribution in [2.24, 2.45) is 16.6 Å². The summed E-state index contributed by atoms with van der Waals surface area (Å²) in [5.41, 5.74) is 8.28. The molecule has 0 amide bonds. The van der Waals surface area contributed by atoms with Crippen molar-refractivity contribution in [3.63, 3.8) is 0 Å². The quantitative estimate of drug-likeness (QED) is 0.460. The van der Waals surface area contributed by atoms with Crippen molar-refractivity contribution in [2.45, 2.75) is 46.0 Å². The number of unbranched alkanes of at least 4 members (excludes halogenated alkanes) is 1. The van der Waals surface area contributed by atoms with Crippen LogP contribution in [0.2, 0.25) is 0 Å². The SMILES string of the molecule is CCc1ccc(NC(N)=NCCCCN2CCC(C)CC2)cc1. The molecule has 2 rings (SSSR count). The number of anilines is 1. The number of aryl methyl sites for hydroxylation is 1. The van der Waals surface area contributed by atoms with Gasteiger partial charge in [0.15, 0.2) is 5.96 Å². The molecule has 0 unspecified atom stereocenters. The van der Waals surface area contributed by atoms with Crippen LogP contribution in [0.15, 0.2) is 29.3 Å². The van der Waals surface area contributed by atoms with Gasteiger partial charge >= 0.3 is 0 Å². The summed E-state index contributed by atoms with van der Waals surface area (Å²) in [4.78, 5) is 7.01. The van der Waals surface area contributed by atoms with Gasteiger partial charge in [-0.3, -0.25) is 4.99 Å². The van der Waals surface area contributed by atoms with E-state index in [2.05, 4.69) is 53.3 Å². The van der Waals surface area contributed by atoms with E-state index >= 15 is 0 Å². The normalized spacial score (nSPS) is 17.4. The van der Waals surface area contributed by atoms with Gasteiger partial charge in [-0.15, -0.1) is 0 Å². The number of nitrogens with two attached hydrogens (primary N) is 1. The molecule has 0 radical (unpaired) electrons. The van der Waals surface area contributed by atoms with E-state index in [0.29, 0.717) is 5.96 Å². The van der Waals surface area contributed by atoms with Crippen molar-refractivity contribution in [2.75, 3.05) is 31.5 Å². The van der Waals surface area contributed by atoms with E-state index in [9.17, 15) is 0 Å². The number of hydrogen-bond acceptors (Lipinski definition) is 2. The molecule has 128 valence electrons. The van der Waals surface area contributed by atoms with Crippen molar-refractivity contribution in [3.05, 3.63) is 29.8 Å². The molecule has 3 N–H and O–H groups in total. The van der Waals surface area contributed by atoms with Gasteiger partial charge in [-0.2, -0.15) is 0 Å². The molecule has 23 heavy (non-hydrogen) atoms. The van der Waals surface area contributed by atoms with Crippen LogP contribution in [-0.2, 0) is 6.42 Å². The lowest BCUT2D eigenvalue weighted by molar-refractivity contribution is 0.190. The van der Waals surface area contributed by atoms with Gasteiger partial charge in [-0.1, -0.05) is 26.0 Å². The van der Waals surface area contributed by atoms with Crippen LogP contribution in [0, 0.1) is 5.92 Å². The van der Waals surface area contributed by atoms with Crippen molar-refractivity contribution in [3.8, 4) is 0 Å². The van der Waals surface area contributed by atoms with E-state index in [1.807, 2.05) is 0 Å². The Morgan fingerprint density at radius 3 is 2.57 bits per heavy atom. The second-order valence-electron chi connectivity index (χ2n) is 6.67. The molecule has 0 aliphatic carbocycles. The zero-order chi connectivity index (χ0) is 16.5. The highest BCUT2D eigenvalue weighted by Gasteiger charge is 2.14. The Hall–Kier alpha value is -1.55. The van der Waals surface area contributed by atoms with Gasteiger partial charge in [0, 0.05) is 12.2 Å². The Labute approximate surface area is 141 Å². The lowest BCUT2D eigenvalue weighted by Gasteiger charge is -2.30. The van der Waals surface area contributed by atoms with E-state index in [-0.39, 0.29) is 0 Å². The van der Waals surface area contributed by atoms with Crippen molar-refractivity contribution >= 4 is 11.6 Å². The van der Waals surface area contributed by atoms with Crippen LogP contribution in [0.3, 0.4) is 0 Å². The van der Waals surface area contributed by atoms with Crippen molar-refractivity contribution in [1.29, 1.82) is 0 Å². The molecule has 0 saturated carbocycles. The zero-order valence-electron chi connectivity index (χ0n) is 14.7. The number of aliphatic imine (C=N–C) groups is 1. The first kappa shape index (κ1) is 17.8. The summed E-state index contributed by atoms with van der Waals surface area (Å²) in [7, 11) is 0. The van der Waals surface area contributed by atoms with E-state index in [1.165, 1.54) is 44.5 Å². The maximum absolute atomic E-state index is 5.95. The molecule has 0 bridgehead atoms. The number of hydrogen-bond donors (Lipinski definition) is 2. The number of piperidine rings is 1. The van der Waals surface area contributed by atoms with Gasteiger partial charge in [0.1, 0.15) is 0 Å². The van der Waals surface area contributed by atoms with Crippen LogP contribution in [0.25, 0.3) is 0 Å². The van der Waals surface area contributed by atoms with Gasteiger partial charge in [-0.05, 0) is 75.4 Å². The Bertz CT molecular complexity index is 473. The first-order chi connectivity index (χ1) is 11.2. The highest BCUT2D eigenvalue weighted by molar-refractivity contribution is 5.92. The summed E-state index contributed by atoms with van der Waals surface area (Å²) in [6.07, 6.45) is 6.07. The summed E-state index contributed by atoms with van der Waals surface area (Å²) < 4.78 is 0. The molecule has 1 aromatic carbocycles. The van der Waals surface area contributed by atoms with Crippen molar-refractivity contribution < 1.29 is 0 Å². The predicted octanol–water partition coefficient (Wildman–Crippen LogP) is 3.49. The molecule has 0 aromatic heterocycles. The third-order valence-electron chi connectivity index (χ3n) is 4.68. The maximum Gasteiger partial charge on any atom is 0.193 e. The number of likely N-dealkylation sites (tertiary alicyclic amines) is 1. The maximum atomic E-state index is 5.95. The molecule has 1 aliphatic heterocycles. The van der Waals surface area contributed by atoms with E-state index < -0.39 is 0 Å². The third-order valence-corrected chi connectivity index (χ3v) is 4.68. The largest absolute Gasteiger partial charge is 0.370 e. The summed E-state index contributed by atoms with van der Waals surface area (Å²) in [5.74, 6) is 1.43. The van der Waals surface area contributed by atoms with Gasteiger partial charge in [0.2, 0.25) is 0 Å². The Morgan fingerprint density at radius 1 is 1.22 bits per heavy atom. The predicted molar refractivity (Wildman–Crippen MR) is 100 cm³/mol. The molecular formula is C19H32N4. The van der Waals surface area contributed by atoms with Crippen LogP contribution >= 0.6 is 0 Å². The van der Waals surface area contributed by atoms with E-state index in [4.69, 9.17) is 5.73 Å². The van der Waals surface area contributed by atoms with Gasteiger partial charge in [0.25, 0.3) is 0 Å². The Morgan fingerprint density at radius 2 is 1.91 bits per heavy atom. The van der Waals surface area contributed by atoms with Gasteiger partial charge in [0.05, 0.1) is 0 Å². The highest BCUT2D eigenvalue weighted by Crippen LogP contribution is 2.16. The average molecular weight is 316 g/mol. The number of rotatable bonds is 7. The number of nitrogens with one attached hydrogen (secondary N) is 1. The molecule has 1 fully saturated rings. The molecule has 0 atom stereocenters. The van der Waals surface area contributed by atoms with Crippen molar-refractivity contribution in [1.82, 2.24) is 4.90 Å². The second kappa shape index (κ2) is 9.56. The van der Waals surface area contributed by atoms with E-state index in [1.54, 1.807) is 0 Å². The fraction of sp³-hybridized carbons (Fsp3) is 0.632. The van der Waals surface area contributed by atoms with Crippen LogP contribution in [-0.4, -0.2) is 37.0 Å². The average Bonchev–Trinajstić information content (AvgIpc) is 2.57. The molecule has 1 aromatic rings. The first-order valence-electron chi connectivity index (χ1n) is 9.05. The Balaban J connectivity index is 1.60. The molecule has 1 aliphatic rings. The molecule has 1 saturated heterocycles. The second-order valence-corrected chi connectivity index (χ2v) is 6.67. The van der Waals surface area contributed by atoms with Crippen LogP contribution in [0.4, 0.5) is 5.69 Å². The highest BCUT2D eigenvalue weighted by atomic mass is 15.1. The summed E-state index contributed by atoms with van der Waals surface area (Å²) >= 11 is 0. The lowest BCUT2D eigenvalue weighted by atomic mass is 9.99. The smallest absolute Gasteiger partial charge is 0.193 e. The minimum absolute atomic E-state index is 0.515. The number of benzene rings is 1. The van der Waals surface area contributed by atoms with E-state index in [0.717, 1.165) is 31.0 Å². The number of nitrogens with zero attached hydrogens (tertiary/aromatic N) is 2. The molecular weight excluding hydrogens is 284 g/mol. The van der Waals surface area contributed by atoms with Gasteiger partial charge < -0.3 is 16.0 Å². The van der Waals surface area contributed by atoms with Crippen LogP contribution in [0.1, 0.15) is 45.1 Å². The summed E-state index contributed by atoms with van der Waals surface area (Å²) in [6.45, 7) is 9.05. The minimum Gasteiger partial charge on any atom is -0.370 e. The minimum atomic E-state index is 0.515. The molecule has 1 heterocycles. The van der Waals surface area contributed by atoms with Crippen LogP contribution in [0.5, 0.6) is 0 Å². The summed E-state index contributed by atoms with van der Waals surface area (Å²) in [5, 5.41) is 3.16. The topological polar surface area (TPSA) is 53.6 Å². The third kappa shape index (κ3) is 6.61. The zero-order valence-corrected chi connectivity index (χ0v) is 14.7. The van der Waals surface area contributed by atoms with Crippen LogP contribution < -0.4 is 11.1 Å². The Kier molecular flexibility index (Phi) is 7.40. The fourth-order valence-electron chi connectivity index (χ4n) is 2.94. The number of guanidine groups is 1. The monoisotopic (exact) mass is 316 g/mol. The lowest BCUT2D eigenvalue weighted by Crippen LogP contribution is -2.33. The molecule has 0 spiro atoms. The molecule has 4 heteroatoms. The summed E-state index contributed by atoms with van der Waals surface area (Å²) in [6, 6.07) is 8.35.